The van der Waals surface area contributed by atoms with Crippen LogP contribution in [-0.2, 0) is 11.3 Å². The lowest BCUT2D eigenvalue weighted by Crippen LogP contribution is -2.17. The van der Waals surface area contributed by atoms with Crippen LogP contribution in [0.4, 0.5) is 0 Å². The van der Waals surface area contributed by atoms with Crippen molar-refractivity contribution in [1.82, 2.24) is 4.90 Å². The van der Waals surface area contributed by atoms with Gasteiger partial charge in [0.15, 0.2) is 0 Å². The molecule has 1 heterocycles. The van der Waals surface area contributed by atoms with Crippen molar-refractivity contribution in [2.24, 2.45) is 0 Å². The fourth-order valence-electron chi connectivity index (χ4n) is 1.86. The van der Waals surface area contributed by atoms with Crippen molar-refractivity contribution in [2.75, 3.05) is 7.05 Å². The van der Waals surface area contributed by atoms with E-state index < -0.39 is 0 Å². The van der Waals surface area contributed by atoms with Crippen molar-refractivity contribution in [2.45, 2.75) is 12.6 Å². The van der Waals surface area contributed by atoms with Gasteiger partial charge in [0.2, 0.25) is 0 Å². The molecule has 0 radical (unpaired) electrons. The predicted octanol–water partition coefficient (Wildman–Crippen LogP) is 1.84. The fraction of sp³-hybridized carbons (Fsp3) is 0.300. The highest BCUT2D eigenvalue weighted by Crippen LogP contribution is 2.40. The number of aldehydes is 1. The molecule has 1 N–H and O–H groups in total. The normalized spacial score (nSPS) is 20.9. The molecule has 4 heteroatoms. The third kappa shape index (κ3) is 1.26. The summed E-state index contributed by atoms with van der Waals surface area (Å²) < 4.78 is 0.946. The Morgan fingerprint density at radius 3 is 3.00 bits per heavy atom. The number of likely N-dealkylation sites (N-methyl/N-ethyl adjacent to an activating group) is 1. The van der Waals surface area contributed by atoms with Crippen LogP contribution in [0.15, 0.2) is 16.6 Å². The third-order valence-corrected chi connectivity index (χ3v) is 3.33. The average molecular weight is 256 g/mol. The molecule has 0 aromatic heterocycles. The molecule has 0 saturated carbocycles. The first kappa shape index (κ1) is 9.68. The summed E-state index contributed by atoms with van der Waals surface area (Å²) in [7, 11) is 1.87. The number of carbonyl (C=O) groups excluding carboxylic acids is 1. The Labute approximate surface area is 90.5 Å². The Bertz CT molecular complexity index is 392. The monoisotopic (exact) mass is 255 g/mol. The van der Waals surface area contributed by atoms with Gasteiger partial charge in [0.05, 0.1) is 6.04 Å². The Morgan fingerprint density at radius 2 is 2.36 bits per heavy atom. The largest absolute Gasteiger partial charge is 0.508 e. The number of phenols is 1. The van der Waals surface area contributed by atoms with E-state index in [1.807, 2.05) is 11.9 Å². The number of hydrogen-bond acceptors (Lipinski definition) is 3. The number of fused-ring (bicyclic) bond motifs is 1. The van der Waals surface area contributed by atoms with Crippen LogP contribution >= 0.6 is 15.9 Å². The van der Waals surface area contributed by atoms with Crippen molar-refractivity contribution < 1.29 is 9.90 Å². The van der Waals surface area contributed by atoms with Crippen LogP contribution in [-0.4, -0.2) is 23.3 Å². The van der Waals surface area contributed by atoms with Gasteiger partial charge in [0, 0.05) is 16.6 Å². The van der Waals surface area contributed by atoms with Gasteiger partial charge < -0.3 is 9.90 Å². The van der Waals surface area contributed by atoms with E-state index in [9.17, 15) is 9.90 Å². The smallest absolute Gasteiger partial charge is 0.141 e. The van der Waals surface area contributed by atoms with Crippen molar-refractivity contribution in [3.63, 3.8) is 0 Å². The van der Waals surface area contributed by atoms with Crippen molar-refractivity contribution in [3.8, 4) is 5.75 Å². The molecule has 1 aliphatic rings. The van der Waals surface area contributed by atoms with Crippen LogP contribution in [0.3, 0.4) is 0 Å². The maximum Gasteiger partial charge on any atom is 0.141 e. The van der Waals surface area contributed by atoms with Crippen LogP contribution in [0, 0.1) is 0 Å². The van der Waals surface area contributed by atoms with Crippen LogP contribution in [0.1, 0.15) is 17.2 Å². The molecule has 1 aromatic carbocycles. The number of phenolic OH excluding ortho intramolecular Hbond substituents is 1. The minimum absolute atomic E-state index is 0.199. The lowest BCUT2D eigenvalue weighted by Gasteiger charge is -2.13. The molecule has 3 nitrogen and oxygen atoms in total. The molecule has 1 unspecified atom stereocenters. The van der Waals surface area contributed by atoms with Crippen molar-refractivity contribution in [3.05, 3.63) is 27.7 Å². The molecular formula is C10H10BrNO2. The number of carbonyl (C=O) groups is 1. The van der Waals surface area contributed by atoms with E-state index in [-0.39, 0.29) is 11.8 Å². The van der Waals surface area contributed by atoms with Crippen LogP contribution < -0.4 is 0 Å². The molecule has 74 valence electrons. The quantitative estimate of drug-likeness (QED) is 0.779. The molecule has 0 spiro atoms. The predicted molar refractivity (Wildman–Crippen MR) is 56.1 cm³/mol. The van der Waals surface area contributed by atoms with Gasteiger partial charge in [-0.15, -0.1) is 0 Å². The summed E-state index contributed by atoms with van der Waals surface area (Å²) in [6.45, 7) is 0.688. The molecule has 0 saturated heterocycles. The van der Waals surface area contributed by atoms with Gasteiger partial charge in [-0.2, -0.15) is 0 Å². The Kier molecular flexibility index (Phi) is 2.33. The van der Waals surface area contributed by atoms with Crippen molar-refractivity contribution in [1.29, 1.82) is 0 Å². The number of nitrogens with zero attached hydrogens (tertiary/aromatic N) is 1. The standard InChI is InChI=1S/C10H10BrNO2/c1-12-4-6-7(11)2-3-9(14)10(6)8(12)5-13/h2-3,5,8,14H,4H2,1H3. The molecular weight excluding hydrogens is 246 g/mol. The molecule has 1 aliphatic heterocycles. The van der Waals surface area contributed by atoms with E-state index in [0.717, 1.165) is 21.9 Å². The zero-order valence-electron chi connectivity index (χ0n) is 7.70. The first-order chi connectivity index (χ1) is 6.65. The van der Waals surface area contributed by atoms with Gasteiger partial charge in [0.25, 0.3) is 0 Å². The highest BCUT2D eigenvalue weighted by molar-refractivity contribution is 9.10. The topological polar surface area (TPSA) is 40.5 Å². The zero-order valence-corrected chi connectivity index (χ0v) is 9.28. The molecule has 0 amide bonds. The highest BCUT2D eigenvalue weighted by atomic mass is 79.9. The van der Waals surface area contributed by atoms with Crippen molar-refractivity contribution >= 4 is 22.2 Å². The summed E-state index contributed by atoms with van der Waals surface area (Å²) in [5.41, 5.74) is 1.74. The molecule has 1 atom stereocenters. The molecule has 0 aliphatic carbocycles. The average Bonchev–Trinajstić information content (AvgIpc) is 2.50. The molecule has 2 rings (SSSR count). The fourth-order valence-corrected chi connectivity index (χ4v) is 2.33. The van der Waals surface area contributed by atoms with Gasteiger partial charge in [-0.25, -0.2) is 0 Å². The molecule has 0 fully saturated rings. The Morgan fingerprint density at radius 1 is 1.64 bits per heavy atom. The van der Waals surface area contributed by atoms with Gasteiger partial charge in [-0.05, 0) is 24.7 Å². The van der Waals surface area contributed by atoms with E-state index in [1.54, 1.807) is 12.1 Å². The third-order valence-electron chi connectivity index (χ3n) is 2.58. The number of benzene rings is 1. The van der Waals surface area contributed by atoms with Gasteiger partial charge in [0.1, 0.15) is 12.0 Å². The van der Waals surface area contributed by atoms with Gasteiger partial charge >= 0.3 is 0 Å². The minimum Gasteiger partial charge on any atom is -0.508 e. The Hall–Kier alpha value is -0.870. The number of hydrogen-bond donors (Lipinski definition) is 1. The van der Waals surface area contributed by atoms with Crippen LogP contribution in [0.2, 0.25) is 0 Å². The van der Waals surface area contributed by atoms with E-state index in [1.165, 1.54) is 0 Å². The van der Waals surface area contributed by atoms with E-state index in [0.29, 0.717) is 6.54 Å². The number of halogens is 1. The van der Waals surface area contributed by atoms with Gasteiger partial charge in [-0.3, -0.25) is 4.90 Å². The second-order valence-corrected chi connectivity index (χ2v) is 4.31. The Balaban J connectivity index is 2.62. The lowest BCUT2D eigenvalue weighted by molar-refractivity contribution is -0.111. The summed E-state index contributed by atoms with van der Waals surface area (Å²) >= 11 is 3.41. The summed E-state index contributed by atoms with van der Waals surface area (Å²) in [5, 5.41) is 9.67. The minimum atomic E-state index is -0.317. The zero-order chi connectivity index (χ0) is 10.3. The van der Waals surface area contributed by atoms with E-state index in [4.69, 9.17) is 0 Å². The van der Waals surface area contributed by atoms with Gasteiger partial charge in [-0.1, -0.05) is 15.9 Å². The lowest BCUT2D eigenvalue weighted by atomic mass is 10.0. The molecule has 0 bridgehead atoms. The number of rotatable bonds is 1. The van der Waals surface area contributed by atoms with Crippen LogP contribution in [0.5, 0.6) is 5.75 Å². The number of aromatic hydroxyl groups is 1. The first-order valence-electron chi connectivity index (χ1n) is 4.31. The van der Waals surface area contributed by atoms with E-state index in [2.05, 4.69) is 15.9 Å². The summed E-state index contributed by atoms with van der Waals surface area (Å²) in [5.74, 6) is 0.199. The maximum absolute atomic E-state index is 10.9. The summed E-state index contributed by atoms with van der Waals surface area (Å²) in [4.78, 5) is 12.8. The SMILES string of the molecule is CN1Cc2c(Br)ccc(O)c2C1C=O. The second kappa shape index (κ2) is 3.37. The summed E-state index contributed by atoms with van der Waals surface area (Å²) in [6, 6.07) is 3.09. The second-order valence-electron chi connectivity index (χ2n) is 3.45. The molecule has 14 heavy (non-hydrogen) atoms. The highest BCUT2D eigenvalue weighted by Gasteiger charge is 2.31. The molecule has 1 aromatic rings. The first-order valence-corrected chi connectivity index (χ1v) is 5.10. The summed E-state index contributed by atoms with van der Waals surface area (Å²) in [6.07, 6.45) is 0.859. The maximum atomic E-state index is 10.9. The van der Waals surface area contributed by atoms with E-state index >= 15 is 0 Å². The van der Waals surface area contributed by atoms with Crippen LogP contribution in [0.25, 0.3) is 0 Å².